The number of benzene rings is 2. The van der Waals surface area contributed by atoms with E-state index >= 15 is 0 Å². The summed E-state index contributed by atoms with van der Waals surface area (Å²) in [5.41, 5.74) is 0.241. The van der Waals surface area contributed by atoms with E-state index in [1.807, 2.05) is 0 Å². The zero-order chi connectivity index (χ0) is 15.8. The highest BCUT2D eigenvalue weighted by Crippen LogP contribution is 2.35. The molecule has 0 atom stereocenters. The number of hydrogen-bond donors (Lipinski definition) is 3. The van der Waals surface area contributed by atoms with Crippen LogP contribution in [0.15, 0.2) is 52.3 Å². The van der Waals surface area contributed by atoms with E-state index in [0.717, 1.165) is 6.07 Å². The fourth-order valence-electron chi connectivity index (χ4n) is 1.81. The van der Waals surface area contributed by atoms with Crippen LogP contribution in [-0.2, 0) is 20.2 Å². The molecule has 0 aliphatic carbocycles. The number of phenolic OH excluding ortho intramolecular Hbond substituents is 1. The lowest BCUT2D eigenvalue weighted by Crippen LogP contribution is -2.05. The maximum atomic E-state index is 11.4. The highest BCUT2D eigenvalue weighted by molar-refractivity contribution is 7.86. The third-order valence-electron chi connectivity index (χ3n) is 2.70. The van der Waals surface area contributed by atoms with Gasteiger partial charge in [-0.15, -0.1) is 0 Å². The van der Waals surface area contributed by atoms with Gasteiger partial charge in [0.25, 0.3) is 20.2 Å². The monoisotopic (exact) mass is 330 g/mol. The maximum Gasteiger partial charge on any atom is 0.298 e. The van der Waals surface area contributed by atoms with Crippen molar-refractivity contribution in [3.63, 3.8) is 0 Å². The third kappa shape index (κ3) is 3.22. The Hall–Kier alpha value is -1.94. The van der Waals surface area contributed by atoms with Crippen molar-refractivity contribution in [1.29, 1.82) is 0 Å². The number of rotatable bonds is 3. The Morgan fingerprint density at radius 2 is 1.29 bits per heavy atom. The van der Waals surface area contributed by atoms with Crippen LogP contribution in [-0.4, -0.2) is 31.0 Å². The van der Waals surface area contributed by atoms with Gasteiger partial charge in [-0.05, 0) is 17.7 Å². The molecule has 0 heterocycles. The molecule has 0 unspecified atom stereocenters. The summed E-state index contributed by atoms with van der Waals surface area (Å²) >= 11 is 0. The van der Waals surface area contributed by atoms with Gasteiger partial charge in [0.2, 0.25) is 0 Å². The summed E-state index contributed by atoms with van der Waals surface area (Å²) in [6, 6.07) is 9.23. The van der Waals surface area contributed by atoms with Crippen LogP contribution in [0.25, 0.3) is 11.1 Å². The lowest BCUT2D eigenvalue weighted by molar-refractivity contribution is 0.442. The molecule has 0 radical (unpaired) electrons. The van der Waals surface area contributed by atoms with Crippen LogP contribution in [0.4, 0.5) is 0 Å². The first kappa shape index (κ1) is 15.4. The first-order valence-corrected chi connectivity index (χ1v) is 8.36. The first-order valence-electron chi connectivity index (χ1n) is 5.48. The molecule has 2 aromatic rings. The quantitative estimate of drug-likeness (QED) is 0.728. The van der Waals surface area contributed by atoms with Crippen LogP contribution in [0, 0.1) is 0 Å². The molecule has 9 heteroatoms. The molecule has 0 fully saturated rings. The summed E-state index contributed by atoms with van der Waals surface area (Å²) in [6.45, 7) is 0. The van der Waals surface area contributed by atoms with Crippen molar-refractivity contribution < 1.29 is 31.0 Å². The summed E-state index contributed by atoms with van der Waals surface area (Å²) in [5.74, 6) is -0.830. The van der Waals surface area contributed by atoms with Gasteiger partial charge >= 0.3 is 0 Å². The Labute approximate surface area is 121 Å². The molecule has 112 valence electrons. The zero-order valence-corrected chi connectivity index (χ0v) is 12.0. The molecule has 2 aromatic carbocycles. The molecule has 7 nitrogen and oxygen atoms in total. The third-order valence-corrected chi connectivity index (χ3v) is 4.48. The van der Waals surface area contributed by atoms with Crippen LogP contribution < -0.4 is 0 Å². The minimum absolute atomic E-state index is 0.0944. The van der Waals surface area contributed by atoms with Crippen LogP contribution in [0.2, 0.25) is 0 Å². The second-order valence-electron chi connectivity index (χ2n) is 4.13. The van der Waals surface area contributed by atoms with Crippen molar-refractivity contribution in [1.82, 2.24) is 0 Å². The highest BCUT2D eigenvalue weighted by atomic mass is 32.2. The summed E-state index contributed by atoms with van der Waals surface area (Å²) in [4.78, 5) is -1.74. The van der Waals surface area contributed by atoms with Gasteiger partial charge in [0, 0.05) is 5.56 Å². The Morgan fingerprint density at radius 3 is 1.76 bits per heavy atom. The van der Waals surface area contributed by atoms with Gasteiger partial charge in [0.05, 0.1) is 0 Å². The number of phenols is 1. The second-order valence-corrected chi connectivity index (χ2v) is 6.91. The average Bonchev–Trinajstić information content (AvgIpc) is 2.36. The van der Waals surface area contributed by atoms with Crippen LogP contribution in [0.5, 0.6) is 5.75 Å². The first-order chi connectivity index (χ1) is 9.60. The molecular weight excluding hydrogens is 320 g/mol. The van der Waals surface area contributed by atoms with Gasteiger partial charge in [-0.3, -0.25) is 9.11 Å². The second kappa shape index (κ2) is 5.11. The van der Waals surface area contributed by atoms with E-state index in [2.05, 4.69) is 0 Å². The smallest absolute Gasteiger partial charge is 0.298 e. The van der Waals surface area contributed by atoms with Crippen molar-refractivity contribution >= 4 is 20.2 Å². The van der Waals surface area contributed by atoms with Crippen molar-refractivity contribution in [3.05, 3.63) is 42.5 Å². The summed E-state index contributed by atoms with van der Waals surface area (Å²) in [6.07, 6.45) is 0. The molecular formula is C12H10O7S2. The van der Waals surface area contributed by atoms with Crippen LogP contribution in [0.1, 0.15) is 0 Å². The van der Waals surface area contributed by atoms with Gasteiger partial charge < -0.3 is 5.11 Å². The van der Waals surface area contributed by atoms with E-state index in [4.69, 9.17) is 4.55 Å². The molecule has 0 aliphatic rings. The molecule has 0 bridgehead atoms. The van der Waals surface area contributed by atoms with E-state index < -0.39 is 35.8 Å². The topological polar surface area (TPSA) is 129 Å². The Kier molecular flexibility index (Phi) is 3.76. The van der Waals surface area contributed by atoms with Crippen molar-refractivity contribution in [2.75, 3.05) is 0 Å². The zero-order valence-electron chi connectivity index (χ0n) is 10.3. The summed E-state index contributed by atoms with van der Waals surface area (Å²) < 4.78 is 63.2. The molecule has 0 amide bonds. The molecule has 3 N–H and O–H groups in total. The van der Waals surface area contributed by atoms with Gasteiger partial charge in [-0.25, -0.2) is 0 Å². The van der Waals surface area contributed by atoms with E-state index in [1.54, 1.807) is 18.2 Å². The van der Waals surface area contributed by atoms with E-state index in [9.17, 15) is 26.5 Å². The largest absolute Gasteiger partial charge is 0.506 e. The Balaban J connectivity index is 2.88. The molecule has 0 aliphatic heterocycles. The average molecular weight is 330 g/mol. The van der Waals surface area contributed by atoms with E-state index in [-0.39, 0.29) is 5.56 Å². The Morgan fingerprint density at radius 1 is 0.762 bits per heavy atom. The van der Waals surface area contributed by atoms with Crippen molar-refractivity contribution in [2.45, 2.75) is 9.79 Å². The molecule has 2 rings (SSSR count). The van der Waals surface area contributed by atoms with Crippen LogP contribution >= 0.6 is 0 Å². The predicted molar refractivity (Wildman–Crippen MR) is 73.2 cm³/mol. The van der Waals surface area contributed by atoms with E-state index in [1.165, 1.54) is 12.1 Å². The number of aromatic hydroxyl groups is 1. The predicted octanol–water partition coefficient (Wildman–Crippen LogP) is 1.55. The summed E-state index contributed by atoms with van der Waals surface area (Å²) in [7, 11) is -9.61. The molecule has 0 aromatic heterocycles. The van der Waals surface area contributed by atoms with Gasteiger partial charge in [0.15, 0.2) is 0 Å². The van der Waals surface area contributed by atoms with Crippen molar-refractivity contribution in [2.24, 2.45) is 0 Å². The number of hydrogen-bond acceptors (Lipinski definition) is 5. The lowest BCUT2D eigenvalue weighted by Gasteiger charge is -2.10. The standard InChI is InChI=1S/C12H10O7S2/c13-10-6-9(8-4-2-1-3-5-8)11(20(14,15)16)7-12(10)21(17,18)19/h1-7,13H,(H,14,15,16)(H,17,18,19). The minimum atomic E-state index is -4.84. The van der Waals surface area contributed by atoms with Crippen LogP contribution in [0.3, 0.4) is 0 Å². The van der Waals surface area contributed by atoms with Gasteiger partial charge in [-0.2, -0.15) is 16.8 Å². The summed E-state index contributed by atoms with van der Waals surface area (Å²) in [5, 5.41) is 9.66. The molecule has 0 spiro atoms. The van der Waals surface area contributed by atoms with Crippen molar-refractivity contribution in [3.8, 4) is 16.9 Å². The van der Waals surface area contributed by atoms with E-state index in [0.29, 0.717) is 11.6 Å². The Bertz CT molecular complexity index is 885. The minimum Gasteiger partial charge on any atom is -0.506 e. The molecule has 0 saturated heterocycles. The fraction of sp³-hybridized carbons (Fsp3) is 0. The highest BCUT2D eigenvalue weighted by Gasteiger charge is 2.24. The molecule has 21 heavy (non-hydrogen) atoms. The fourth-order valence-corrected chi connectivity index (χ4v) is 3.20. The van der Waals surface area contributed by atoms with Gasteiger partial charge in [0.1, 0.15) is 15.5 Å². The SMILES string of the molecule is O=S(=O)(O)c1cc(S(=O)(=O)O)c(-c2ccccc2)cc1O. The normalized spacial score (nSPS) is 12.3. The lowest BCUT2D eigenvalue weighted by atomic mass is 10.1. The van der Waals surface area contributed by atoms with Gasteiger partial charge in [-0.1, -0.05) is 30.3 Å². The molecule has 0 saturated carbocycles. The maximum absolute atomic E-state index is 11.4.